The van der Waals surface area contributed by atoms with Crippen LogP contribution in [0.15, 0.2) is 23.2 Å². The van der Waals surface area contributed by atoms with Crippen LogP contribution in [0.2, 0.25) is 0 Å². The highest BCUT2D eigenvalue weighted by atomic mass is 35.5. The van der Waals surface area contributed by atoms with Crippen LogP contribution in [-0.2, 0) is 0 Å². The molecule has 0 radical (unpaired) electrons. The van der Waals surface area contributed by atoms with Gasteiger partial charge in [0, 0.05) is 6.07 Å². The highest BCUT2D eigenvalue weighted by Crippen LogP contribution is 2.30. The fourth-order valence-corrected chi connectivity index (χ4v) is 0.964. The number of nitro groups is 1. The van der Waals surface area contributed by atoms with Crippen molar-refractivity contribution in [3.05, 3.63) is 28.3 Å². The number of alkyl halides is 1. The maximum Gasteiger partial charge on any atom is 0.273 e. The zero-order valence-corrected chi connectivity index (χ0v) is 8.31. The van der Waals surface area contributed by atoms with Gasteiger partial charge >= 0.3 is 0 Å². The minimum atomic E-state index is -0.613. The molecule has 0 heterocycles. The van der Waals surface area contributed by atoms with Crippen molar-refractivity contribution in [2.24, 2.45) is 10.7 Å². The first-order valence-electron chi connectivity index (χ1n) is 3.91. The molecule has 1 aromatic carbocycles. The van der Waals surface area contributed by atoms with Gasteiger partial charge in [-0.1, -0.05) is 0 Å². The fourth-order valence-electron chi connectivity index (χ4n) is 0.905. The Hall–Kier alpha value is -1.82. The van der Waals surface area contributed by atoms with Crippen LogP contribution in [0.25, 0.3) is 0 Å². The van der Waals surface area contributed by atoms with E-state index in [0.29, 0.717) is 0 Å². The zero-order valence-electron chi connectivity index (χ0n) is 7.55. The first-order chi connectivity index (χ1) is 7.04. The summed E-state index contributed by atoms with van der Waals surface area (Å²) in [6.45, 7) is 0. The van der Waals surface area contributed by atoms with Gasteiger partial charge in [0.1, 0.15) is 17.3 Å². The number of non-ortho nitro benzene ring substituents is 1. The van der Waals surface area contributed by atoms with E-state index in [4.69, 9.17) is 17.3 Å². The van der Waals surface area contributed by atoms with Crippen molar-refractivity contribution in [3.8, 4) is 5.75 Å². The number of benzene rings is 1. The van der Waals surface area contributed by atoms with Gasteiger partial charge < -0.3 is 10.8 Å². The highest BCUT2D eigenvalue weighted by Gasteiger charge is 2.09. The molecule has 1 rings (SSSR count). The van der Waals surface area contributed by atoms with E-state index in [1.807, 2.05) is 0 Å². The van der Waals surface area contributed by atoms with Gasteiger partial charge in [-0.05, 0) is 6.07 Å². The van der Waals surface area contributed by atoms with E-state index in [1.165, 1.54) is 12.1 Å². The van der Waals surface area contributed by atoms with E-state index in [-0.39, 0.29) is 28.8 Å². The predicted molar refractivity (Wildman–Crippen MR) is 56.8 cm³/mol. The van der Waals surface area contributed by atoms with Crippen molar-refractivity contribution in [3.63, 3.8) is 0 Å². The number of halogens is 1. The SMILES string of the molecule is NC(CCl)=Nc1ccc([N+](=O)[O-])cc1O. The molecule has 0 aliphatic rings. The molecule has 0 atom stereocenters. The van der Waals surface area contributed by atoms with Crippen LogP contribution in [0.5, 0.6) is 5.75 Å². The number of nitro benzene ring substituents is 1. The van der Waals surface area contributed by atoms with Crippen molar-refractivity contribution in [1.29, 1.82) is 0 Å². The summed E-state index contributed by atoms with van der Waals surface area (Å²) in [5.41, 5.74) is 5.28. The Morgan fingerprint density at radius 2 is 2.33 bits per heavy atom. The van der Waals surface area contributed by atoms with Crippen LogP contribution < -0.4 is 5.73 Å². The van der Waals surface area contributed by atoms with Crippen LogP contribution >= 0.6 is 11.6 Å². The summed E-state index contributed by atoms with van der Waals surface area (Å²) in [5, 5.41) is 19.7. The number of phenols is 1. The third-order valence-electron chi connectivity index (χ3n) is 1.57. The summed E-state index contributed by atoms with van der Waals surface area (Å²) in [6.07, 6.45) is 0. The second-order valence-corrected chi connectivity index (χ2v) is 2.93. The van der Waals surface area contributed by atoms with E-state index >= 15 is 0 Å². The number of hydrogen-bond acceptors (Lipinski definition) is 4. The Labute approximate surface area is 90.1 Å². The molecule has 15 heavy (non-hydrogen) atoms. The Kier molecular flexibility index (Phi) is 3.46. The predicted octanol–water partition coefficient (Wildman–Crippen LogP) is 1.53. The molecule has 0 saturated heterocycles. The van der Waals surface area contributed by atoms with Crippen LogP contribution in [0.1, 0.15) is 0 Å². The van der Waals surface area contributed by atoms with Crippen molar-refractivity contribution < 1.29 is 10.0 Å². The van der Waals surface area contributed by atoms with Gasteiger partial charge in [-0.15, -0.1) is 11.6 Å². The van der Waals surface area contributed by atoms with Gasteiger partial charge in [0.15, 0.2) is 0 Å². The second-order valence-electron chi connectivity index (χ2n) is 2.67. The standard InChI is InChI=1S/C8H8ClN3O3/c9-4-8(10)11-6-2-1-5(12(14)15)3-7(6)13/h1-3,13H,4H2,(H2,10,11). The first kappa shape index (κ1) is 11.3. The van der Waals surface area contributed by atoms with E-state index < -0.39 is 4.92 Å². The normalized spacial score (nSPS) is 11.4. The minimum absolute atomic E-state index is 0.0242. The summed E-state index contributed by atoms with van der Waals surface area (Å²) >= 11 is 5.39. The third-order valence-corrected chi connectivity index (χ3v) is 1.84. The number of amidine groups is 1. The van der Waals surface area contributed by atoms with Crippen LogP contribution in [0, 0.1) is 10.1 Å². The van der Waals surface area contributed by atoms with Gasteiger partial charge in [0.05, 0.1) is 16.9 Å². The van der Waals surface area contributed by atoms with E-state index in [1.54, 1.807) is 0 Å². The van der Waals surface area contributed by atoms with E-state index in [0.717, 1.165) is 6.07 Å². The average Bonchev–Trinajstić information content (AvgIpc) is 2.20. The van der Waals surface area contributed by atoms with Gasteiger partial charge in [-0.25, -0.2) is 4.99 Å². The fraction of sp³-hybridized carbons (Fsp3) is 0.125. The Balaban J connectivity index is 3.09. The van der Waals surface area contributed by atoms with Gasteiger partial charge in [0.25, 0.3) is 5.69 Å². The van der Waals surface area contributed by atoms with Crippen LogP contribution in [0.3, 0.4) is 0 Å². The van der Waals surface area contributed by atoms with Crippen molar-refractivity contribution in [2.45, 2.75) is 0 Å². The molecular weight excluding hydrogens is 222 g/mol. The number of aromatic hydroxyl groups is 1. The molecule has 0 saturated carbocycles. The Morgan fingerprint density at radius 3 is 2.80 bits per heavy atom. The summed E-state index contributed by atoms with van der Waals surface area (Å²) in [5.74, 6) is -0.158. The molecule has 80 valence electrons. The molecule has 0 bridgehead atoms. The summed E-state index contributed by atoms with van der Waals surface area (Å²) < 4.78 is 0. The molecule has 0 unspecified atom stereocenters. The van der Waals surface area contributed by atoms with Gasteiger partial charge in [0.2, 0.25) is 0 Å². The number of hydrogen-bond donors (Lipinski definition) is 2. The molecule has 0 aliphatic carbocycles. The molecular formula is C8H8ClN3O3. The molecule has 6 nitrogen and oxygen atoms in total. The molecule has 0 spiro atoms. The Bertz CT molecular complexity index is 420. The third kappa shape index (κ3) is 2.81. The second kappa shape index (κ2) is 4.61. The maximum atomic E-state index is 10.4. The molecule has 1 aromatic rings. The molecule has 0 aliphatic heterocycles. The van der Waals surface area contributed by atoms with Crippen LogP contribution in [0.4, 0.5) is 11.4 Å². The number of phenolic OH excluding ortho intramolecular Hbond substituents is 1. The molecule has 0 aromatic heterocycles. The lowest BCUT2D eigenvalue weighted by atomic mass is 10.2. The maximum absolute atomic E-state index is 10.4. The van der Waals surface area contributed by atoms with Crippen molar-refractivity contribution in [1.82, 2.24) is 0 Å². The van der Waals surface area contributed by atoms with Crippen LogP contribution in [-0.4, -0.2) is 21.7 Å². The number of aliphatic imine (C=N–C) groups is 1. The quantitative estimate of drug-likeness (QED) is 0.270. The molecule has 3 N–H and O–H groups in total. The zero-order chi connectivity index (χ0) is 11.4. The summed E-state index contributed by atoms with van der Waals surface area (Å²) in [4.78, 5) is 13.5. The largest absolute Gasteiger partial charge is 0.505 e. The monoisotopic (exact) mass is 229 g/mol. The van der Waals surface area contributed by atoms with Gasteiger partial charge in [-0.3, -0.25) is 10.1 Å². The topological polar surface area (TPSA) is 102 Å². The number of nitrogens with zero attached hydrogens (tertiary/aromatic N) is 2. The summed E-state index contributed by atoms with van der Waals surface area (Å²) in [7, 11) is 0. The van der Waals surface area contributed by atoms with Crippen molar-refractivity contribution in [2.75, 3.05) is 5.88 Å². The highest BCUT2D eigenvalue weighted by molar-refractivity contribution is 6.28. The lowest BCUT2D eigenvalue weighted by Crippen LogP contribution is -2.12. The van der Waals surface area contributed by atoms with Crippen molar-refractivity contribution >= 4 is 28.8 Å². The van der Waals surface area contributed by atoms with Gasteiger partial charge in [-0.2, -0.15) is 0 Å². The Morgan fingerprint density at radius 1 is 1.67 bits per heavy atom. The lowest BCUT2D eigenvalue weighted by molar-refractivity contribution is -0.384. The first-order valence-corrected chi connectivity index (χ1v) is 4.44. The van der Waals surface area contributed by atoms with E-state index in [9.17, 15) is 15.2 Å². The molecule has 0 fully saturated rings. The molecule has 7 heteroatoms. The lowest BCUT2D eigenvalue weighted by Gasteiger charge is -1.99. The smallest absolute Gasteiger partial charge is 0.273 e. The average molecular weight is 230 g/mol. The van der Waals surface area contributed by atoms with E-state index in [2.05, 4.69) is 4.99 Å². The minimum Gasteiger partial charge on any atom is -0.505 e. The molecule has 0 amide bonds. The summed E-state index contributed by atoms with van der Waals surface area (Å²) in [6, 6.07) is 3.52. The number of nitrogens with two attached hydrogens (primary N) is 1. The number of rotatable bonds is 3.